The van der Waals surface area contributed by atoms with Crippen molar-refractivity contribution in [2.75, 3.05) is 11.9 Å². The van der Waals surface area contributed by atoms with E-state index in [0.29, 0.717) is 0 Å². The van der Waals surface area contributed by atoms with Crippen molar-refractivity contribution in [3.63, 3.8) is 0 Å². The van der Waals surface area contributed by atoms with E-state index in [1.807, 2.05) is 27.0 Å². The second-order valence-electron chi connectivity index (χ2n) is 3.92. The van der Waals surface area contributed by atoms with E-state index in [9.17, 15) is 0 Å². The molecule has 1 N–H and O–H groups in total. The van der Waals surface area contributed by atoms with E-state index in [2.05, 4.69) is 25.6 Å². The van der Waals surface area contributed by atoms with Crippen molar-refractivity contribution in [1.82, 2.24) is 25.0 Å². The molecule has 0 fully saturated rings. The smallest absolute Gasteiger partial charge is 0.132 e. The molecule has 0 saturated carbocycles. The zero-order valence-corrected chi connectivity index (χ0v) is 10.3. The van der Waals surface area contributed by atoms with Gasteiger partial charge < -0.3 is 5.32 Å². The Morgan fingerprint density at radius 2 is 2.06 bits per heavy atom. The van der Waals surface area contributed by atoms with Crippen molar-refractivity contribution >= 4 is 5.82 Å². The molecule has 0 atom stereocenters. The Kier molecular flexibility index (Phi) is 3.32. The lowest BCUT2D eigenvalue weighted by Crippen LogP contribution is -2.14. The Hall–Kier alpha value is -1.98. The Balaban J connectivity index is 1.99. The van der Waals surface area contributed by atoms with Gasteiger partial charge in [0.05, 0.1) is 12.7 Å². The van der Waals surface area contributed by atoms with Crippen LogP contribution in [-0.4, -0.2) is 31.5 Å². The summed E-state index contributed by atoms with van der Waals surface area (Å²) in [7, 11) is 0. The van der Waals surface area contributed by atoms with Gasteiger partial charge in [0.2, 0.25) is 0 Å². The van der Waals surface area contributed by atoms with Crippen LogP contribution in [0.2, 0.25) is 0 Å². The molecular formula is C11H16N6. The van der Waals surface area contributed by atoms with Crippen LogP contribution in [0.25, 0.3) is 0 Å². The van der Waals surface area contributed by atoms with Gasteiger partial charge in [-0.2, -0.15) is 0 Å². The Labute approximate surface area is 100 Å². The molecule has 17 heavy (non-hydrogen) atoms. The molecule has 0 aliphatic carbocycles. The number of hydrogen-bond donors (Lipinski definition) is 1. The molecule has 0 aromatic carbocycles. The van der Waals surface area contributed by atoms with E-state index in [1.165, 1.54) is 0 Å². The molecular weight excluding hydrogens is 216 g/mol. The monoisotopic (exact) mass is 232 g/mol. The van der Waals surface area contributed by atoms with Gasteiger partial charge in [-0.05, 0) is 20.8 Å². The van der Waals surface area contributed by atoms with E-state index in [0.717, 1.165) is 36.0 Å². The molecule has 6 nitrogen and oxygen atoms in total. The number of aryl methyl sites for hydroxylation is 2. The first-order valence-corrected chi connectivity index (χ1v) is 5.56. The van der Waals surface area contributed by atoms with Gasteiger partial charge in [-0.15, -0.1) is 5.10 Å². The highest BCUT2D eigenvalue weighted by Crippen LogP contribution is 2.13. The van der Waals surface area contributed by atoms with Crippen LogP contribution in [0.5, 0.6) is 0 Å². The molecule has 0 spiro atoms. The minimum atomic E-state index is 0.764. The third kappa shape index (κ3) is 2.77. The summed E-state index contributed by atoms with van der Waals surface area (Å²) in [5.74, 6) is 1.69. The lowest BCUT2D eigenvalue weighted by molar-refractivity contribution is 0.608. The molecule has 0 aliphatic rings. The SMILES string of the molecule is Cc1nc(C)c(C)c(NCCn2ccnn2)n1. The predicted molar refractivity (Wildman–Crippen MR) is 64.8 cm³/mol. The van der Waals surface area contributed by atoms with Gasteiger partial charge in [-0.3, -0.25) is 4.68 Å². The van der Waals surface area contributed by atoms with Gasteiger partial charge in [-0.1, -0.05) is 5.21 Å². The molecule has 0 amide bonds. The van der Waals surface area contributed by atoms with Crippen molar-refractivity contribution in [2.45, 2.75) is 27.3 Å². The Morgan fingerprint density at radius 3 is 2.76 bits per heavy atom. The summed E-state index contributed by atoms with van der Waals surface area (Å²) in [4.78, 5) is 8.70. The van der Waals surface area contributed by atoms with Gasteiger partial charge in [0.25, 0.3) is 0 Å². The molecule has 6 heteroatoms. The summed E-state index contributed by atoms with van der Waals surface area (Å²) in [6.07, 6.45) is 3.51. The normalized spacial score (nSPS) is 10.5. The molecule has 0 saturated heterocycles. The fraction of sp³-hybridized carbons (Fsp3) is 0.455. The van der Waals surface area contributed by atoms with Gasteiger partial charge >= 0.3 is 0 Å². The van der Waals surface area contributed by atoms with E-state index in [-0.39, 0.29) is 0 Å². The minimum Gasteiger partial charge on any atom is -0.368 e. The highest BCUT2D eigenvalue weighted by atomic mass is 15.4. The first kappa shape index (κ1) is 11.5. The number of hydrogen-bond acceptors (Lipinski definition) is 5. The maximum absolute atomic E-state index is 4.38. The number of aromatic nitrogens is 5. The van der Waals surface area contributed by atoms with Crippen molar-refractivity contribution in [3.05, 3.63) is 29.5 Å². The van der Waals surface area contributed by atoms with Crippen LogP contribution in [0.1, 0.15) is 17.1 Å². The van der Waals surface area contributed by atoms with Crippen molar-refractivity contribution < 1.29 is 0 Å². The average Bonchev–Trinajstić information content (AvgIpc) is 2.78. The standard InChI is InChI=1S/C11H16N6/c1-8-9(2)14-10(3)15-11(8)12-4-6-17-7-5-13-16-17/h5,7H,4,6H2,1-3H3,(H,12,14,15). The summed E-state index contributed by atoms with van der Waals surface area (Å²) in [5, 5.41) is 10.9. The van der Waals surface area contributed by atoms with Crippen LogP contribution < -0.4 is 5.32 Å². The fourth-order valence-corrected chi connectivity index (χ4v) is 1.58. The average molecular weight is 232 g/mol. The zero-order chi connectivity index (χ0) is 12.3. The van der Waals surface area contributed by atoms with Crippen LogP contribution in [0, 0.1) is 20.8 Å². The number of nitrogens with zero attached hydrogens (tertiary/aromatic N) is 5. The maximum atomic E-state index is 4.38. The molecule has 2 aromatic heterocycles. The van der Waals surface area contributed by atoms with Crippen LogP contribution in [0.15, 0.2) is 12.4 Å². The fourth-order valence-electron chi connectivity index (χ4n) is 1.58. The summed E-state index contributed by atoms with van der Waals surface area (Å²) in [6, 6.07) is 0. The quantitative estimate of drug-likeness (QED) is 0.855. The number of rotatable bonds is 4. The van der Waals surface area contributed by atoms with Crippen molar-refractivity contribution in [2.24, 2.45) is 0 Å². The molecule has 2 heterocycles. The highest BCUT2D eigenvalue weighted by Gasteiger charge is 2.04. The van der Waals surface area contributed by atoms with Crippen LogP contribution in [0.4, 0.5) is 5.82 Å². The van der Waals surface area contributed by atoms with Gasteiger partial charge in [0, 0.05) is 24.0 Å². The summed E-state index contributed by atoms with van der Waals surface area (Å²) in [5.41, 5.74) is 2.11. The lowest BCUT2D eigenvalue weighted by Gasteiger charge is -2.10. The Morgan fingerprint density at radius 1 is 1.24 bits per heavy atom. The van der Waals surface area contributed by atoms with E-state index in [1.54, 1.807) is 10.9 Å². The van der Waals surface area contributed by atoms with Crippen molar-refractivity contribution in [3.8, 4) is 0 Å². The summed E-state index contributed by atoms with van der Waals surface area (Å²) < 4.78 is 1.78. The Bertz CT molecular complexity index is 491. The minimum absolute atomic E-state index is 0.764. The zero-order valence-electron chi connectivity index (χ0n) is 10.3. The van der Waals surface area contributed by atoms with E-state index < -0.39 is 0 Å². The predicted octanol–water partition coefficient (Wildman–Crippen LogP) is 1.11. The largest absolute Gasteiger partial charge is 0.368 e. The first-order valence-electron chi connectivity index (χ1n) is 5.56. The van der Waals surface area contributed by atoms with Gasteiger partial charge in [0.1, 0.15) is 11.6 Å². The molecule has 2 aromatic rings. The maximum Gasteiger partial charge on any atom is 0.132 e. The van der Waals surface area contributed by atoms with Crippen LogP contribution in [-0.2, 0) is 6.54 Å². The third-order valence-corrected chi connectivity index (χ3v) is 2.61. The molecule has 0 unspecified atom stereocenters. The molecule has 0 aliphatic heterocycles. The van der Waals surface area contributed by atoms with Gasteiger partial charge in [-0.25, -0.2) is 9.97 Å². The van der Waals surface area contributed by atoms with Crippen molar-refractivity contribution in [1.29, 1.82) is 0 Å². The first-order chi connectivity index (χ1) is 8.16. The molecule has 2 rings (SSSR count). The molecule has 0 bridgehead atoms. The second kappa shape index (κ2) is 4.90. The lowest BCUT2D eigenvalue weighted by atomic mass is 10.2. The summed E-state index contributed by atoms with van der Waals surface area (Å²) >= 11 is 0. The third-order valence-electron chi connectivity index (χ3n) is 2.61. The molecule has 0 radical (unpaired) electrons. The highest BCUT2D eigenvalue weighted by molar-refractivity contribution is 5.45. The van der Waals surface area contributed by atoms with E-state index >= 15 is 0 Å². The topological polar surface area (TPSA) is 68.5 Å². The number of anilines is 1. The second-order valence-corrected chi connectivity index (χ2v) is 3.92. The summed E-state index contributed by atoms with van der Waals surface area (Å²) in [6.45, 7) is 7.44. The van der Waals surface area contributed by atoms with Crippen LogP contribution in [0.3, 0.4) is 0 Å². The number of nitrogens with one attached hydrogen (secondary N) is 1. The van der Waals surface area contributed by atoms with Crippen LogP contribution >= 0.6 is 0 Å². The van der Waals surface area contributed by atoms with E-state index in [4.69, 9.17) is 0 Å². The van der Waals surface area contributed by atoms with Gasteiger partial charge in [0.15, 0.2) is 0 Å². The molecule has 90 valence electrons.